The Bertz CT molecular complexity index is 290. The van der Waals surface area contributed by atoms with Crippen LogP contribution in [0.5, 0.6) is 0 Å². The molecule has 1 N–H and O–H groups in total. The van der Waals surface area contributed by atoms with E-state index in [-0.39, 0.29) is 0 Å². The second-order valence-electron chi connectivity index (χ2n) is 4.41. The first-order valence-electron chi connectivity index (χ1n) is 5.25. The Morgan fingerprint density at radius 1 is 1.29 bits per heavy atom. The third-order valence-corrected chi connectivity index (χ3v) is 4.94. The summed E-state index contributed by atoms with van der Waals surface area (Å²) < 4.78 is 22.1. The molecule has 2 fully saturated rings. The second kappa shape index (κ2) is 3.79. The summed E-state index contributed by atoms with van der Waals surface area (Å²) in [6.45, 7) is 5.19. The molecule has 1 unspecified atom stereocenters. The highest BCUT2D eigenvalue weighted by Gasteiger charge is 2.37. The summed E-state index contributed by atoms with van der Waals surface area (Å²) in [6, 6.07) is 0.865. The number of rotatable bonds is 1. The minimum Gasteiger partial charge on any atom is -0.313 e. The lowest BCUT2D eigenvalue weighted by Gasteiger charge is -2.36. The van der Waals surface area contributed by atoms with Crippen LogP contribution in [0.2, 0.25) is 0 Å². The molecule has 2 saturated heterocycles. The van der Waals surface area contributed by atoms with Crippen LogP contribution in [0.15, 0.2) is 0 Å². The zero-order valence-electron chi connectivity index (χ0n) is 8.57. The first-order valence-corrected chi connectivity index (χ1v) is 7.07. The Kier molecular flexibility index (Phi) is 2.81. The molecule has 0 aromatic rings. The Balaban J connectivity index is 1.87. The number of hydrogen-bond acceptors (Lipinski definition) is 4. The Labute approximate surface area is 85.6 Å². The quantitative estimate of drug-likeness (QED) is 0.642. The fraction of sp³-hybridized carbons (Fsp3) is 1.00. The topological polar surface area (TPSA) is 49.4 Å². The van der Waals surface area contributed by atoms with E-state index in [9.17, 15) is 8.42 Å². The van der Waals surface area contributed by atoms with Gasteiger partial charge in [0.2, 0.25) is 0 Å². The van der Waals surface area contributed by atoms with Gasteiger partial charge < -0.3 is 5.32 Å². The van der Waals surface area contributed by atoms with Gasteiger partial charge >= 0.3 is 0 Å². The monoisotopic (exact) mass is 218 g/mol. The lowest BCUT2D eigenvalue weighted by molar-refractivity contribution is 0.226. The van der Waals surface area contributed by atoms with Gasteiger partial charge in [0.1, 0.15) is 0 Å². The normalized spacial score (nSPS) is 34.8. The maximum absolute atomic E-state index is 11.0. The molecule has 0 radical (unpaired) electrons. The van der Waals surface area contributed by atoms with Gasteiger partial charge in [0.15, 0.2) is 9.84 Å². The van der Waals surface area contributed by atoms with Crippen molar-refractivity contribution in [1.29, 1.82) is 0 Å². The van der Waals surface area contributed by atoms with Crippen molar-refractivity contribution in [3.8, 4) is 0 Å². The van der Waals surface area contributed by atoms with Crippen LogP contribution >= 0.6 is 0 Å². The molecule has 2 heterocycles. The summed E-state index contributed by atoms with van der Waals surface area (Å²) in [5.41, 5.74) is 0. The Hall–Kier alpha value is -0.130. The summed E-state index contributed by atoms with van der Waals surface area (Å²) in [5.74, 6) is 0.753. The molecule has 0 aromatic carbocycles. The highest BCUT2D eigenvalue weighted by molar-refractivity contribution is 7.92. The van der Waals surface area contributed by atoms with Crippen molar-refractivity contribution in [2.75, 3.05) is 31.1 Å². The van der Waals surface area contributed by atoms with Crippen LogP contribution in [0.25, 0.3) is 0 Å². The minimum atomic E-state index is -2.67. The number of nitrogens with zero attached hydrogens (tertiary/aromatic N) is 1. The van der Waals surface area contributed by atoms with Crippen molar-refractivity contribution in [2.45, 2.75) is 25.4 Å². The van der Waals surface area contributed by atoms with E-state index in [1.165, 1.54) is 0 Å². The van der Waals surface area contributed by atoms with E-state index in [1.807, 2.05) is 0 Å². The molecule has 0 aliphatic carbocycles. The SMILES string of the molecule is CC1CCN(C2CS(=O)(=O)C2)CCN1. The van der Waals surface area contributed by atoms with Crippen molar-refractivity contribution in [2.24, 2.45) is 0 Å². The highest BCUT2D eigenvalue weighted by Crippen LogP contribution is 2.18. The van der Waals surface area contributed by atoms with E-state index in [2.05, 4.69) is 17.1 Å². The fourth-order valence-corrected chi connectivity index (χ4v) is 3.64. The van der Waals surface area contributed by atoms with Gasteiger partial charge in [0.05, 0.1) is 11.5 Å². The van der Waals surface area contributed by atoms with E-state index in [0.29, 0.717) is 23.6 Å². The van der Waals surface area contributed by atoms with Gasteiger partial charge in [-0.2, -0.15) is 0 Å². The molecule has 0 bridgehead atoms. The van der Waals surface area contributed by atoms with Gasteiger partial charge in [-0.1, -0.05) is 0 Å². The lowest BCUT2D eigenvalue weighted by atomic mass is 10.2. The van der Waals surface area contributed by atoms with Crippen LogP contribution in [-0.4, -0.2) is 56.5 Å². The first-order chi connectivity index (χ1) is 6.57. The smallest absolute Gasteiger partial charge is 0.153 e. The molecule has 0 spiro atoms. The largest absolute Gasteiger partial charge is 0.313 e. The molecule has 4 nitrogen and oxygen atoms in total. The van der Waals surface area contributed by atoms with Gasteiger partial charge in [-0.15, -0.1) is 0 Å². The molecule has 2 aliphatic heterocycles. The lowest BCUT2D eigenvalue weighted by Crippen LogP contribution is -2.54. The van der Waals surface area contributed by atoms with Crippen LogP contribution in [0.1, 0.15) is 13.3 Å². The second-order valence-corrected chi connectivity index (χ2v) is 6.56. The Morgan fingerprint density at radius 2 is 2.00 bits per heavy atom. The molecule has 14 heavy (non-hydrogen) atoms. The number of nitrogens with one attached hydrogen (secondary N) is 1. The molecular weight excluding hydrogens is 200 g/mol. The van der Waals surface area contributed by atoms with Crippen molar-refractivity contribution < 1.29 is 8.42 Å². The third-order valence-electron chi connectivity index (χ3n) is 3.15. The molecule has 82 valence electrons. The van der Waals surface area contributed by atoms with Crippen LogP contribution in [0.4, 0.5) is 0 Å². The van der Waals surface area contributed by atoms with E-state index < -0.39 is 9.84 Å². The van der Waals surface area contributed by atoms with E-state index in [0.717, 1.165) is 26.1 Å². The zero-order chi connectivity index (χ0) is 10.2. The maximum Gasteiger partial charge on any atom is 0.153 e. The molecule has 2 aliphatic rings. The Morgan fingerprint density at radius 3 is 2.64 bits per heavy atom. The van der Waals surface area contributed by atoms with Crippen LogP contribution < -0.4 is 5.32 Å². The van der Waals surface area contributed by atoms with E-state index in [4.69, 9.17) is 0 Å². The molecule has 0 aromatic heterocycles. The molecule has 1 atom stereocenters. The van der Waals surface area contributed by atoms with Gasteiger partial charge in [-0.05, 0) is 13.3 Å². The fourth-order valence-electron chi connectivity index (χ4n) is 2.14. The predicted molar refractivity (Wildman–Crippen MR) is 56.1 cm³/mol. The molecule has 5 heteroatoms. The standard InChI is InChI=1S/C9H18N2O2S/c1-8-2-4-11(5-3-10-8)9-6-14(12,13)7-9/h8-10H,2-7H2,1H3. The number of sulfone groups is 1. The summed E-state index contributed by atoms with van der Waals surface area (Å²) in [5, 5.41) is 3.41. The van der Waals surface area contributed by atoms with E-state index >= 15 is 0 Å². The molecular formula is C9H18N2O2S. The van der Waals surface area contributed by atoms with Crippen molar-refractivity contribution in [1.82, 2.24) is 10.2 Å². The average molecular weight is 218 g/mol. The molecule has 2 rings (SSSR count). The van der Waals surface area contributed by atoms with Crippen LogP contribution in [0.3, 0.4) is 0 Å². The molecule has 0 amide bonds. The van der Waals surface area contributed by atoms with Gasteiger partial charge in [-0.3, -0.25) is 4.90 Å². The van der Waals surface area contributed by atoms with Crippen molar-refractivity contribution in [3.05, 3.63) is 0 Å². The van der Waals surface area contributed by atoms with Gasteiger partial charge in [-0.25, -0.2) is 8.42 Å². The van der Waals surface area contributed by atoms with Gasteiger partial charge in [0, 0.05) is 31.7 Å². The number of hydrogen-bond donors (Lipinski definition) is 1. The average Bonchev–Trinajstić information content (AvgIpc) is 2.25. The zero-order valence-corrected chi connectivity index (χ0v) is 9.39. The summed E-state index contributed by atoms with van der Waals surface area (Å²) in [4.78, 5) is 2.32. The van der Waals surface area contributed by atoms with Crippen LogP contribution in [-0.2, 0) is 9.84 Å². The first kappa shape index (κ1) is 10.4. The summed E-state index contributed by atoms with van der Waals surface area (Å²) in [6.07, 6.45) is 1.12. The third kappa shape index (κ3) is 2.27. The van der Waals surface area contributed by atoms with Gasteiger partial charge in [0.25, 0.3) is 0 Å². The summed E-state index contributed by atoms with van der Waals surface area (Å²) in [7, 11) is -2.67. The molecule has 0 saturated carbocycles. The van der Waals surface area contributed by atoms with E-state index in [1.54, 1.807) is 0 Å². The predicted octanol–water partition coefficient (Wildman–Crippen LogP) is -0.533. The maximum atomic E-state index is 11.0. The minimum absolute atomic E-state index is 0.298. The van der Waals surface area contributed by atoms with Crippen molar-refractivity contribution >= 4 is 9.84 Å². The highest BCUT2D eigenvalue weighted by atomic mass is 32.2. The van der Waals surface area contributed by atoms with Crippen molar-refractivity contribution in [3.63, 3.8) is 0 Å². The summed E-state index contributed by atoms with van der Waals surface area (Å²) >= 11 is 0. The van der Waals surface area contributed by atoms with Crippen LogP contribution in [0, 0.1) is 0 Å².